The largest absolute Gasteiger partial charge is 0.334 e. The van der Waals surface area contributed by atoms with Gasteiger partial charge in [-0.15, -0.1) is 0 Å². The quantitative estimate of drug-likeness (QED) is 0.742. The number of halogens is 1. The van der Waals surface area contributed by atoms with Crippen LogP contribution in [0.1, 0.15) is 50.8 Å². The summed E-state index contributed by atoms with van der Waals surface area (Å²) >= 11 is 6.10. The van der Waals surface area contributed by atoms with Crippen LogP contribution in [0.3, 0.4) is 0 Å². The molecule has 0 radical (unpaired) electrons. The highest BCUT2D eigenvalue weighted by atomic mass is 35.5. The van der Waals surface area contributed by atoms with Gasteiger partial charge in [0.05, 0.1) is 10.6 Å². The van der Waals surface area contributed by atoms with Crippen LogP contribution in [0.15, 0.2) is 28.8 Å². The molecule has 0 aliphatic heterocycles. The van der Waals surface area contributed by atoms with Crippen molar-refractivity contribution in [2.75, 3.05) is 0 Å². The molecule has 1 aromatic carbocycles. The number of hydroxylamine groups is 1. The van der Waals surface area contributed by atoms with Crippen molar-refractivity contribution < 1.29 is 14.2 Å². The Hall–Kier alpha value is -1.92. The van der Waals surface area contributed by atoms with Gasteiger partial charge in [-0.25, -0.2) is 5.48 Å². The molecule has 0 bridgehead atoms. The Balaban J connectivity index is 1.40. The number of carbonyl (C=O) groups is 1. The van der Waals surface area contributed by atoms with Gasteiger partial charge in [-0.05, 0) is 24.5 Å². The molecule has 1 amide bonds. The maximum absolute atomic E-state index is 11.8. The highest BCUT2D eigenvalue weighted by Gasteiger charge is 2.15. The van der Waals surface area contributed by atoms with Gasteiger partial charge in [0.25, 0.3) is 5.89 Å². The van der Waals surface area contributed by atoms with Crippen molar-refractivity contribution in [3.05, 3.63) is 35.1 Å². The van der Waals surface area contributed by atoms with E-state index in [0.717, 1.165) is 6.42 Å². The Labute approximate surface area is 151 Å². The van der Waals surface area contributed by atoms with E-state index in [1.807, 2.05) is 12.1 Å². The number of carbonyl (C=O) groups excluding carboxylic acids is 1. The minimum absolute atomic E-state index is 0.0448. The summed E-state index contributed by atoms with van der Waals surface area (Å²) in [6.45, 7) is 0.0448. The van der Waals surface area contributed by atoms with Gasteiger partial charge >= 0.3 is 0 Å². The molecule has 0 atom stereocenters. The van der Waals surface area contributed by atoms with E-state index in [4.69, 9.17) is 21.0 Å². The highest BCUT2D eigenvalue weighted by Crippen LogP contribution is 2.27. The monoisotopic (exact) mass is 363 g/mol. The van der Waals surface area contributed by atoms with Crippen LogP contribution in [-0.2, 0) is 16.2 Å². The Bertz CT molecular complexity index is 698. The van der Waals surface area contributed by atoms with Crippen molar-refractivity contribution in [2.45, 2.75) is 51.6 Å². The van der Waals surface area contributed by atoms with Crippen LogP contribution in [0.2, 0.25) is 5.02 Å². The minimum atomic E-state index is -0.111. The summed E-state index contributed by atoms with van der Waals surface area (Å²) in [5.41, 5.74) is 3.11. The lowest BCUT2D eigenvalue weighted by Crippen LogP contribution is -2.24. The van der Waals surface area contributed by atoms with Gasteiger partial charge in [-0.2, -0.15) is 4.98 Å². The van der Waals surface area contributed by atoms with E-state index in [9.17, 15) is 4.79 Å². The lowest BCUT2D eigenvalue weighted by molar-refractivity contribution is -0.135. The smallest absolute Gasteiger partial charge is 0.259 e. The second-order valence-electron chi connectivity index (χ2n) is 6.35. The topological polar surface area (TPSA) is 77.2 Å². The highest BCUT2D eigenvalue weighted by molar-refractivity contribution is 6.33. The zero-order valence-corrected chi connectivity index (χ0v) is 14.8. The lowest BCUT2D eigenvalue weighted by atomic mass is 9.86. The third-order valence-electron chi connectivity index (χ3n) is 4.46. The van der Waals surface area contributed by atoms with E-state index in [0.29, 0.717) is 34.6 Å². The first-order valence-corrected chi connectivity index (χ1v) is 9.08. The molecule has 1 aliphatic rings. The van der Waals surface area contributed by atoms with E-state index in [2.05, 4.69) is 15.6 Å². The number of hydrogen-bond donors (Lipinski definition) is 1. The van der Waals surface area contributed by atoms with Crippen LogP contribution in [-0.4, -0.2) is 16.0 Å². The van der Waals surface area contributed by atoms with Crippen molar-refractivity contribution in [1.82, 2.24) is 15.6 Å². The average molecular weight is 364 g/mol. The number of rotatable bonds is 7. The van der Waals surface area contributed by atoms with Crippen LogP contribution in [0.4, 0.5) is 0 Å². The van der Waals surface area contributed by atoms with Gasteiger partial charge in [0.1, 0.15) is 6.61 Å². The predicted molar refractivity (Wildman–Crippen MR) is 93.5 cm³/mol. The summed E-state index contributed by atoms with van der Waals surface area (Å²) in [5, 5.41) is 4.37. The SMILES string of the molecule is O=C(CCC1CCCCC1)NOCc1noc(-c2ccccc2Cl)n1. The molecule has 2 aromatic rings. The van der Waals surface area contributed by atoms with Crippen molar-refractivity contribution in [1.29, 1.82) is 0 Å². The van der Waals surface area contributed by atoms with Crippen molar-refractivity contribution in [3.63, 3.8) is 0 Å². The summed E-state index contributed by atoms with van der Waals surface area (Å²) < 4.78 is 5.18. The first kappa shape index (κ1) is 17.9. The fourth-order valence-electron chi connectivity index (χ4n) is 3.10. The van der Waals surface area contributed by atoms with Crippen LogP contribution >= 0.6 is 11.6 Å². The second-order valence-corrected chi connectivity index (χ2v) is 6.76. The summed E-state index contributed by atoms with van der Waals surface area (Å²) in [6.07, 6.45) is 7.79. The van der Waals surface area contributed by atoms with Gasteiger partial charge in [0.2, 0.25) is 11.7 Å². The molecule has 25 heavy (non-hydrogen) atoms. The molecule has 1 fully saturated rings. The number of aromatic nitrogens is 2. The maximum atomic E-state index is 11.8. The molecule has 1 saturated carbocycles. The third kappa shape index (κ3) is 5.28. The molecule has 0 unspecified atom stereocenters. The molecule has 6 nitrogen and oxygen atoms in total. The molecule has 1 aromatic heterocycles. The van der Waals surface area contributed by atoms with Gasteiger partial charge in [-0.3, -0.25) is 9.63 Å². The number of nitrogens with one attached hydrogen (secondary N) is 1. The van der Waals surface area contributed by atoms with Crippen LogP contribution in [0, 0.1) is 5.92 Å². The van der Waals surface area contributed by atoms with E-state index < -0.39 is 0 Å². The summed E-state index contributed by atoms with van der Waals surface area (Å²) in [7, 11) is 0. The standard InChI is InChI=1S/C18H22ClN3O3/c19-15-9-5-4-8-14(15)18-20-16(21-25-18)12-24-22-17(23)11-10-13-6-2-1-3-7-13/h4-5,8-9,13H,1-3,6-7,10-12H2,(H,22,23). The van der Waals surface area contributed by atoms with E-state index in [1.165, 1.54) is 32.1 Å². The zero-order chi connectivity index (χ0) is 17.5. The van der Waals surface area contributed by atoms with Gasteiger partial charge in [0, 0.05) is 6.42 Å². The second kappa shape index (κ2) is 8.97. The van der Waals surface area contributed by atoms with Crippen molar-refractivity contribution in [3.8, 4) is 11.5 Å². The molecule has 1 N–H and O–H groups in total. The zero-order valence-electron chi connectivity index (χ0n) is 14.0. The Morgan fingerprint density at radius 3 is 2.88 bits per heavy atom. The third-order valence-corrected chi connectivity index (χ3v) is 4.79. The number of benzene rings is 1. The first-order chi connectivity index (χ1) is 12.2. The van der Waals surface area contributed by atoms with E-state index in [-0.39, 0.29) is 12.5 Å². The minimum Gasteiger partial charge on any atom is -0.334 e. The summed E-state index contributed by atoms with van der Waals surface area (Å²) in [6, 6.07) is 7.22. The molecule has 0 saturated heterocycles. The lowest BCUT2D eigenvalue weighted by Gasteiger charge is -2.20. The van der Waals surface area contributed by atoms with Gasteiger partial charge in [0.15, 0.2) is 0 Å². The van der Waals surface area contributed by atoms with E-state index in [1.54, 1.807) is 12.1 Å². The first-order valence-electron chi connectivity index (χ1n) is 8.70. The molecule has 1 aliphatic carbocycles. The normalized spacial score (nSPS) is 15.2. The van der Waals surface area contributed by atoms with Gasteiger partial charge in [-0.1, -0.05) is 61.0 Å². The predicted octanol–water partition coefficient (Wildman–Crippen LogP) is 4.30. The number of amides is 1. The Kier molecular flexibility index (Phi) is 6.42. The molecule has 134 valence electrons. The fraction of sp³-hybridized carbons (Fsp3) is 0.500. The summed E-state index contributed by atoms with van der Waals surface area (Å²) in [4.78, 5) is 21.2. The maximum Gasteiger partial charge on any atom is 0.259 e. The van der Waals surface area contributed by atoms with Crippen molar-refractivity contribution >= 4 is 17.5 Å². The van der Waals surface area contributed by atoms with E-state index >= 15 is 0 Å². The molecule has 3 rings (SSSR count). The molecule has 0 spiro atoms. The van der Waals surface area contributed by atoms with Gasteiger partial charge < -0.3 is 4.52 Å². The average Bonchev–Trinajstić information content (AvgIpc) is 3.10. The van der Waals surface area contributed by atoms with Crippen LogP contribution in [0.25, 0.3) is 11.5 Å². The summed E-state index contributed by atoms with van der Waals surface area (Å²) in [5.74, 6) is 1.24. The molecule has 1 heterocycles. The molecular formula is C18H22ClN3O3. The Morgan fingerprint density at radius 2 is 2.08 bits per heavy atom. The molecule has 7 heteroatoms. The molecular weight excluding hydrogens is 342 g/mol. The Morgan fingerprint density at radius 1 is 1.28 bits per heavy atom. The van der Waals surface area contributed by atoms with Crippen molar-refractivity contribution in [2.24, 2.45) is 5.92 Å². The van der Waals surface area contributed by atoms with Crippen LogP contribution < -0.4 is 5.48 Å². The fourth-order valence-corrected chi connectivity index (χ4v) is 3.32. The number of hydrogen-bond acceptors (Lipinski definition) is 5. The van der Waals surface area contributed by atoms with Crippen LogP contribution in [0.5, 0.6) is 0 Å². The number of nitrogens with zero attached hydrogens (tertiary/aromatic N) is 2.